The van der Waals surface area contributed by atoms with Gasteiger partial charge in [0.25, 0.3) is 5.91 Å². The summed E-state index contributed by atoms with van der Waals surface area (Å²) in [6, 6.07) is 18.8. The molecule has 0 atom stereocenters. The number of thiazole rings is 1. The average Bonchev–Trinajstić information content (AvgIpc) is 3.44. The van der Waals surface area contributed by atoms with Crippen molar-refractivity contribution in [3.05, 3.63) is 83.4 Å². The van der Waals surface area contributed by atoms with E-state index in [2.05, 4.69) is 10.1 Å². The number of aryl methyl sites for hydroxylation is 1. The molecule has 1 aliphatic heterocycles. The second-order valence-electron chi connectivity index (χ2n) is 9.72. The minimum absolute atomic E-state index is 0.0531. The highest BCUT2D eigenvalue weighted by atomic mass is 32.2. The molecule has 1 aromatic heterocycles. The number of methoxy groups -OCH3 is 1. The van der Waals surface area contributed by atoms with Gasteiger partial charge in [0.2, 0.25) is 15.2 Å². The number of anilines is 1. The van der Waals surface area contributed by atoms with Gasteiger partial charge in [0.15, 0.2) is 0 Å². The van der Waals surface area contributed by atoms with Gasteiger partial charge in [-0.05, 0) is 85.6 Å². The summed E-state index contributed by atoms with van der Waals surface area (Å²) < 4.78 is 39.1. The number of carbonyl (C=O) groups is 2. The van der Waals surface area contributed by atoms with Gasteiger partial charge in [-0.1, -0.05) is 17.4 Å². The van der Waals surface area contributed by atoms with Crippen LogP contribution >= 0.6 is 11.3 Å². The van der Waals surface area contributed by atoms with Crippen molar-refractivity contribution < 1.29 is 27.5 Å². The predicted molar refractivity (Wildman–Crippen MR) is 166 cm³/mol. The average molecular weight is 622 g/mol. The first kappa shape index (κ1) is 30.1. The molecule has 0 saturated carbocycles. The summed E-state index contributed by atoms with van der Waals surface area (Å²) >= 11 is 1.34. The molecule has 0 unspecified atom stereocenters. The van der Waals surface area contributed by atoms with Crippen LogP contribution < -0.4 is 9.75 Å². The Balaban J connectivity index is 1.38. The van der Waals surface area contributed by atoms with E-state index in [4.69, 9.17) is 9.47 Å². The maximum absolute atomic E-state index is 13.8. The molecule has 224 valence electrons. The number of piperazine rings is 1. The van der Waals surface area contributed by atoms with Crippen LogP contribution in [0.15, 0.2) is 76.7 Å². The highest BCUT2D eigenvalue weighted by Crippen LogP contribution is 2.31. The number of rotatable bonds is 8. The van der Waals surface area contributed by atoms with Crippen molar-refractivity contribution in [1.82, 2.24) is 14.2 Å². The van der Waals surface area contributed by atoms with Gasteiger partial charge in [-0.25, -0.2) is 18.2 Å². The highest BCUT2D eigenvalue weighted by Gasteiger charge is 2.31. The molecule has 11 nitrogen and oxygen atoms in total. The molecule has 0 radical (unpaired) electrons. The Bertz CT molecular complexity index is 1750. The molecule has 0 spiro atoms. The smallest absolute Gasteiger partial charge is 0.409 e. The lowest BCUT2D eigenvalue weighted by Crippen LogP contribution is -2.50. The van der Waals surface area contributed by atoms with Crippen LogP contribution in [-0.4, -0.2) is 80.7 Å². The Morgan fingerprint density at radius 1 is 1.02 bits per heavy atom. The van der Waals surface area contributed by atoms with Crippen LogP contribution in [0.2, 0.25) is 0 Å². The molecular formula is C30H31N5O6S2. The van der Waals surface area contributed by atoms with E-state index in [1.807, 2.05) is 37.3 Å². The third kappa shape index (κ3) is 6.69. The van der Waals surface area contributed by atoms with Gasteiger partial charge in [-0.15, -0.1) is 0 Å². The molecule has 1 saturated heterocycles. The molecule has 0 aliphatic carbocycles. The second-order valence-corrected chi connectivity index (χ2v) is 12.7. The fourth-order valence-electron chi connectivity index (χ4n) is 4.48. The molecule has 0 N–H and O–H groups in total. The lowest BCUT2D eigenvalue weighted by atomic mass is 10.2. The lowest BCUT2D eigenvalue weighted by Gasteiger charge is -2.33. The van der Waals surface area contributed by atoms with Crippen LogP contribution in [0, 0.1) is 6.92 Å². The number of sulfonamides is 1. The van der Waals surface area contributed by atoms with Crippen LogP contribution in [-0.2, 0) is 14.8 Å². The predicted octanol–water partition coefficient (Wildman–Crippen LogP) is 4.76. The number of benzene rings is 3. The number of ether oxygens (including phenoxy) is 2. The van der Waals surface area contributed by atoms with Gasteiger partial charge >= 0.3 is 6.09 Å². The fraction of sp³-hybridized carbons (Fsp3) is 0.267. The van der Waals surface area contributed by atoms with E-state index in [-0.39, 0.29) is 43.2 Å². The third-order valence-corrected chi connectivity index (χ3v) is 9.75. The first-order chi connectivity index (χ1) is 20.7. The van der Waals surface area contributed by atoms with Crippen molar-refractivity contribution in [3.63, 3.8) is 0 Å². The zero-order valence-electron chi connectivity index (χ0n) is 24.0. The van der Waals surface area contributed by atoms with Crippen LogP contribution in [0.25, 0.3) is 10.2 Å². The first-order valence-corrected chi connectivity index (χ1v) is 15.9. The van der Waals surface area contributed by atoms with Crippen LogP contribution in [0.5, 0.6) is 5.75 Å². The SMILES string of the molecule is CCOC(=O)N1CCN(S(=O)(=O)c2ccc(C(=O)N(/N=C/c3ccc(OC)cc3)c3nc4ccc(C)cc4s3)cc2)CC1. The van der Waals surface area contributed by atoms with Gasteiger partial charge < -0.3 is 14.4 Å². The van der Waals surface area contributed by atoms with Crippen LogP contribution in [0.3, 0.4) is 0 Å². The number of fused-ring (bicyclic) bond motifs is 1. The topological polar surface area (TPSA) is 122 Å². The van der Waals surface area contributed by atoms with Gasteiger partial charge in [0.1, 0.15) is 5.75 Å². The molecule has 13 heteroatoms. The van der Waals surface area contributed by atoms with Gasteiger partial charge in [0.05, 0.1) is 35.0 Å². The van der Waals surface area contributed by atoms with Crippen LogP contribution in [0.4, 0.5) is 9.93 Å². The van der Waals surface area contributed by atoms with Gasteiger partial charge in [0, 0.05) is 31.7 Å². The van der Waals surface area contributed by atoms with E-state index in [9.17, 15) is 18.0 Å². The van der Waals surface area contributed by atoms with Crippen molar-refractivity contribution in [3.8, 4) is 5.75 Å². The summed E-state index contributed by atoms with van der Waals surface area (Å²) in [5, 5.41) is 6.10. The van der Waals surface area contributed by atoms with E-state index in [1.165, 1.54) is 49.8 Å². The molecule has 4 aromatic rings. The quantitative estimate of drug-likeness (QED) is 0.206. The minimum Gasteiger partial charge on any atom is -0.497 e. The standard InChI is InChI=1S/C30H31N5O6S2/c1-4-41-30(37)33-15-17-34(18-16-33)43(38,39)25-12-8-23(9-13-25)28(36)35(31-20-22-6-10-24(40-3)11-7-22)29-32-26-14-5-21(2)19-27(26)42-29/h5-14,19-20H,4,15-18H2,1-3H3/b31-20+. The monoisotopic (exact) mass is 621 g/mol. The minimum atomic E-state index is -3.83. The van der Waals surface area contributed by atoms with Crippen molar-refractivity contribution in [2.75, 3.05) is 44.9 Å². The third-order valence-electron chi connectivity index (χ3n) is 6.85. The van der Waals surface area contributed by atoms with Crippen molar-refractivity contribution in [2.24, 2.45) is 5.10 Å². The zero-order valence-corrected chi connectivity index (χ0v) is 25.6. The van der Waals surface area contributed by atoms with Gasteiger partial charge in [-0.2, -0.15) is 14.4 Å². The normalized spacial score (nSPS) is 14.3. The number of hydrogen-bond acceptors (Lipinski definition) is 9. The summed E-state index contributed by atoms with van der Waals surface area (Å²) in [6.07, 6.45) is 1.11. The summed E-state index contributed by atoms with van der Waals surface area (Å²) in [7, 11) is -2.25. The maximum Gasteiger partial charge on any atom is 0.409 e. The number of nitrogens with zero attached hydrogens (tertiary/aromatic N) is 5. The first-order valence-electron chi connectivity index (χ1n) is 13.6. The van der Waals surface area contributed by atoms with E-state index in [0.29, 0.717) is 10.9 Å². The Kier molecular flexibility index (Phi) is 9.04. The molecule has 5 rings (SSSR count). The molecule has 1 fully saturated rings. The van der Waals surface area contributed by atoms with Crippen molar-refractivity contribution in [1.29, 1.82) is 0 Å². The Hall–Kier alpha value is -4.33. The molecule has 2 heterocycles. The summed E-state index contributed by atoms with van der Waals surface area (Å²) in [4.78, 5) is 31.9. The van der Waals surface area contributed by atoms with E-state index >= 15 is 0 Å². The number of aromatic nitrogens is 1. The Labute approximate surface area is 254 Å². The summed E-state index contributed by atoms with van der Waals surface area (Å²) in [6.45, 7) is 4.72. The Morgan fingerprint density at radius 2 is 1.72 bits per heavy atom. The fourth-order valence-corrected chi connectivity index (χ4v) is 6.92. The van der Waals surface area contributed by atoms with Crippen LogP contribution in [0.1, 0.15) is 28.4 Å². The summed E-state index contributed by atoms with van der Waals surface area (Å²) in [5.74, 6) is 0.232. The van der Waals surface area contributed by atoms with E-state index in [0.717, 1.165) is 21.3 Å². The largest absolute Gasteiger partial charge is 0.497 e. The van der Waals surface area contributed by atoms with Crippen molar-refractivity contribution >= 4 is 54.9 Å². The number of carbonyl (C=O) groups excluding carboxylic acids is 2. The molecular weight excluding hydrogens is 590 g/mol. The number of hydrogen-bond donors (Lipinski definition) is 0. The van der Waals surface area contributed by atoms with E-state index < -0.39 is 22.0 Å². The molecule has 43 heavy (non-hydrogen) atoms. The lowest BCUT2D eigenvalue weighted by molar-refractivity contribution is 0.0933. The maximum atomic E-state index is 13.8. The zero-order chi connectivity index (χ0) is 30.6. The van der Waals surface area contributed by atoms with Crippen molar-refractivity contribution in [2.45, 2.75) is 18.7 Å². The molecule has 3 aromatic carbocycles. The molecule has 2 amide bonds. The van der Waals surface area contributed by atoms with Gasteiger partial charge in [-0.3, -0.25) is 4.79 Å². The second kappa shape index (κ2) is 12.9. The number of hydrazone groups is 1. The molecule has 1 aliphatic rings. The van der Waals surface area contributed by atoms with E-state index in [1.54, 1.807) is 32.4 Å². The molecule has 0 bridgehead atoms. The Morgan fingerprint density at radius 3 is 2.37 bits per heavy atom. The highest BCUT2D eigenvalue weighted by molar-refractivity contribution is 7.89. The summed E-state index contributed by atoms with van der Waals surface area (Å²) in [5.41, 5.74) is 2.81. The number of amides is 2.